The van der Waals surface area contributed by atoms with Crippen molar-refractivity contribution in [3.05, 3.63) is 95.6 Å². The first-order valence-corrected chi connectivity index (χ1v) is 14.4. The molecule has 1 saturated heterocycles. The summed E-state index contributed by atoms with van der Waals surface area (Å²) in [5, 5.41) is 19.3. The van der Waals surface area contributed by atoms with Crippen LogP contribution in [-0.2, 0) is 17.0 Å². The van der Waals surface area contributed by atoms with Crippen molar-refractivity contribution in [2.24, 2.45) is 0 Å². The van der Waals surface area contributed by atoms with Crippen molar-refractivity contribution in [1.29, 1.82) is 0 Å². The minimum Gasteiger partial charge on any atom is -0.386 e. The van der Waals surface area contributed by atoms with Crippen LogP contribution in [0, 0.1) is 0 Å². The number of aromatic nitrogens is 2. The lowest BCUT2D eigenvalue weighted by Gasteiger charge is -2.49. The third-order valence-electron chi connectivity index (χ3n) is 9.82. The molecule has 3 aliphatic rings. The van der Waals surface area contributed by atoms with Gasteiger partial charge < -0.3 is 29.2 Å². The Kier molecular flexibility index (Phi) is 4.57. The number of fused-ring (bicyclic) bond motifs is 13. The first kappa shape index (κ1) is 24.0. The number of aliphatic hydroxyl groups excluding tert-OH is 1. The summed E-state index contributed by atoms with van der Waals surface area (Å²) >= 11 is 0. The number of carbonyl (C=O) groups excluding carboxylic acids is 2. The van der Waals surface area contributed by atoms with Gasteiger partial charge in [-0.3, -0.25) is 9.59 Å². The van der Waals surface area contributed by atoms with Gasteiger partial charge in [0.1, 0.15) is 12.3 Å². The van der Waals surface area contributed by atoms with Crippen molar-refractivity contribution in [2.45, 2.75) is 44.0 Å². The lowest BCUT2D eigenvalue weighted by molar-refractivity contribution is -0.257. The normalized spacial score (nSPS) is 24.5. The fourth-order valence-corrected chi connectivity index (χ4v) is 7.97. The number of hydrogen-bond acceptors (Lipinski definition) is 4. The van der Waals surface area contributed by atoms with Crippen LogP contribution in [0.4, 0.5) is 0 Å². The Hall–Kier alpha value is -4.66. The molecule has 0 aliphatic carbocycles. The minimum absolute atomic E-state index is 0.0721. The number of hydrogen-bond donors (Lipinski definition) is 2. The molecule has 5 heterocycles. The second-order valence-electron chi connectivity index (χ2n) is 11.9. The van der Waals surface area contributed by atoms with Crippen LogP contribution < -0.4 is 5.32 Å². The van der Waals surface area contributed by atoms with Crippen LogP contribution >= 0.6 is 0 Å². The Morgan fingerprint density at radius 1 is 0.952 bits per heavy atom. The second kappa shape index (κ2) is 8.00. The van der Waals surface area contributed by atoms with Crippen LogP contribution in [0.25, 0.3) is 43.6 Å². The van der Waals surface area contributed by atoms with Crippen LogP contribution in [0.15, 0.2) is 78.9 Å². The molecule has 4 atom stereocenters. The smallest absolute Gasteiger partial charge is 0.253 e. The molecule has 8 heteroatoms. The standard InChI is InChI=1S/C34H28N4O4/c1-34-31(39)24(36(2)33(41)18-10-4-3-5-11-18)16-25(42-34)37-22-14-8-6-12-19(22)27-28-21(17-35-32(28)40)26-20-13-7-9-15-23(20)38(34)30(26)29(27)37/h3-15,24-25,31,39H,16-17H2,1-2H3,(H,35,40)/t24-,25+,31-,34+/m1/s1. The number of para-hydroxylation sites is 2. The van der Waals surface area contributed by atoms with Crippen molar-refractivity contribution >= 4 is 55.4 Å². The summed E-state index contributed by atoms with van der Waals surface area (Å²) < 4.78 is 11.3. The van der Waals surface area contributed by atoms with E-state index in [9.17, 15) is 14.7 Å². The van der Waals surface area contributed by atoms with Gasteiger partial charge in [-0.25, -0.2) is 0 Å². The topological polar surface area (TPSA) is 88.7 Å². The van der Waals surface area contributed by atoms with E-state index < -0.39 is 24.1 Å². The molecule has 2 aromatic heterocycles. The molecule has 0 unspecified atom stereocenters. The van der Waals surface area contributed by atoms with Gasteiger partial charge in [-0.05, 0) is 36.8 Å². The average Bonchev–Trinajstić information content (AvgIpc) is 3.66. The number of aliphatic hydroxyl groups is 1. The van der Waals surface area contributed by atoms with E-state index in [0.717, 1.165) is 49.2 Å². The second-order valence-corrected chi connectivity index (χ2v) is 11.9. The highest BCUT2D eigenvalue weighted by Crippen LogP contribution is 2.53. The molecule has 3 aliphatic heterocycles. The molecule has 0 saturated carbocycles. The summed E-state index contributed by atoms with van der Waals surface area (Å²) in [6.45, 7) is 2.37. The first-order chi connectivity index (χ1) is 20.4. The molecular weight excluding hydrogens is 528 g/mol. The number of rotatable bonds is 2. The number of nitrogens with zero attached hydrogens (tertiary/aromatic N) is 3. The number of carbonyl (C=O) groups is 2. The lowest BCUT2D eigenvalue weighted by atomic mass is 9.91. The third-order valence-corrected chi connectivity index (χ3v) is 9.82. The number of ether oxygens (including phenoxy) is 1. The zero-order valence-corrected chi connectivity index (χ0v) is 23.2. The maximum atomic E-state index is 13.7. The van der Waals surface area contributed by atoms with Crippen molar-refractivity contribution in [3.63, 3.8) is 0 Å². The molecule has 42 heavy (non-hydrogen) atoms. The molecule has 0 radical (unpaired) electrons. The van der Waals surface area contributed by atoms with Crippen LogP contribution in [0.2, 0.25) is 0 Å². The van der Waals surface area contributed by atoms with E-state index in [-0.39, 0.29) is 11.8 Å². The highest BCUT2D eigenvalue weighted by molar-refractivity contribution is 6.31. The number of likely N-dealkylation sites (N-methyl/N-ethyl adjacent to an activating group) is 1. The summed E-state index contributed by atoms with van der Waals surface area (Å²) in [4.78, 5) is 28.9. The lowest BCUT2D eigenvalue weighted by Crippen LogP contribution is -2.60. The molecule has 9 rings (SSSR count). The Morgan fingerprint density at radius 2 is 1.62 bits per heavy atom. The summed E-state index contributed by atoms with van der Waals surface area (Å²) in [6.07, 6.45) is -1.15. The van der Waals surface area contributed by atoms with Crippen LogP contribution in [0.3, 0.4) is 0 Å². The molecule has 2 bridgehead atoms. The Morgan fingerprint density at radius 3 is 2.38 bits per heavy atom. The SMILES string of the molecule is CN(C(=O)c1ccccc1)[C@@H]1C[C@@H]2O[C@@](C)([C@@H]1O)n1c3ccccc3c3c4c(c5c6ccccc6n2c5c31)C(=O)NC4. The fourth-order valence-electron chi connectivity index (χ4n) is 7.97. The Labute approximate surface area is 240 Å². The van der Waals surface area contributed by atoms with E-state index in [4.69, 9.17) is 4.74 Å². The zero-order chi connectivity index (χ0) is 28.5. The van der Waals surface area contributed by atoms with E-state index in [2.05, 4.69) is 38.7 Å². The predicted octanol–water partition coefficient (Wildman–Crippen LogP) is 5.25. The van der Waals surface area contributed by atoms with Gasteiger partial charge in [0.2, 0.25) is 0 Å². The van der Waals surface area contributed by atoms with Crippen molar-refractivity contribution in [1.82, 2.24) is 19.4 Å². The molecule has 8 nitrogen and oxygen atoms in total. The summed E-state index contributed by atoms with van der Waals surface area (Å²) in [5.41, 5.74) is 4.79. The monoisotopic (exact) mass is 556 g/mol. The zero-order valence-electron chi connectivity index (χ0n) is 23.2. The largest absolute Gasteiger partial charge is 0.386 e. The van der Waals surface area contributed by atoms with Crippen molar-refractivity contribution in [3.8, 4) is 0 Å². The number of benzene rings is 4. The van der Waals surface area contributed by atoms with Crippen LogP contribution in [0.5, 0.6) is 0 Å². The van der Waals surface area contributed by atoms with E-state index in [1.807, 2.05) is 49.4 Å². The molecule has 2 N–H and O–H groups in total. The summed E-state index contributed by atoms with van der Waals surface area (Å²) in [5.74, 6) is -0.225. The van der Waals surface area contributed by atoms with Gasteiger partial charge in [0.25, 0.3) is 11.8 Å². The van der Waals surface area contributed by atoms with Crippen molar-refractivity contribution < 1.29 is 19.4 Å². The molecule has 4 aromatic carbocycles. The highest BCUT2D eigenvalue weighted by Gasteiger charge is 2.54. The van der Waals surface area contributed by atoms with Gasteiger partial charge in [0.05, 0.1) is 33.7 Å². The summed E-state index contributed by atoms with van der Waals surface area (Å²) in [6, 6.07) is 24.9. The maximum absolute atomic E-state index is 13.7. The number of nitrogens with one attached hydrogen (secondary N) is 1. The van der Waals surface area contributed by atoms with Gasteiger partial charge >= 0.3 is 0 Å². The fraction of sp³-hybridized carbons (Fsp3) is 0.235. The molecular formula is C34H28N4O4. The number of amides is 2. The average molecular weight is 557 g/mol. The molecule has 0 spiro atoms. The molecule has 6 aromatic rings. The van der Waals surface area contributed by atoms with Crippen molar-refractivity contribution in [2.75, 3.05) is 7.05 Å². The maximum Gasteiger partial charge on any atom is 0.253 e. The van der Waals surface area contributed by atoms with E-state index in [1.54, 1.807) is 24.1 Å². The van der Waals surface area contributed by atoms with Gasteiger partial charge in [0, 0.05) is 47.1 Å². The first-order valence-electron chi connectivity index (χ1n) is 14.4. The minimum atomic E-state index is -1.21. The van der Waals surface area contributed by atoms with Gasteiger partial charge in [-0.2, -0.15) is 0 Å². The van der Waals surface area contributed by atoms with Gasteiger partial charge in [0.15, 0.2) is 5.72 Å². The van der Waals surface area contributed by atoms with Crippen LogP contribution in [0.1, 0.15) is 45.9 Å². The quantitative estimate of drug-likeness (QED) is 0.305. The van der Waals surface area contributed by atoms with E-state index in [0.29, 0.717) is 24.1 Å². The van der Waals surface area contributed by atoms with Gasteiger partial charge in [-0.15, -0.1) is 0 Å². The van der Waals surface area contributed by atoms with E-state index in [1.165, 1.54) is 0 Å². The van der Waals surface area contributed by atoms with Gasteiger partial charge in [-0.1, -0.05) is 54.6 Å². The summed E-state index contributed by atoms with van der Waals surface area (Å²) in [7, 11) is 1.77. The van der Waals surface area contributed by atoms with E-state index >= 15 is 0 Å². The molecule has 208 valence electrons. The highest BCUT2D eigenvalue weighted by atomic mass is 16.6. The Bertz CT molecular complexity index is 2160. The predicted molar refractivity (Wildman–Crippen MR) is 160 cm³/mol. The molecule has 1 fully saturated rings. The molecule has 2 amide bonds. The van der Waals surface area contributed by atoms with Crippen LogP contribution in [-0.4, -0.2) is 50.1 Å². The Balaban J connectivity index is 1.42. The third kappa shape index (κ3) is 2.74.